The van der Waals surface area contributed by atoms with E-state index in [2.05, 4.69) is 12.2 Å². The quantitative estimate of drug-likeness (QED) is 0.549. The molecule has 0 saturated carbocycles. The van der Waals surface area contributed by atoms with Crippen molar-refractivity contribution in [2.75, 3.05) is 11.9 Å². The number of anilines is 1. The lowest BCUT2D eigenvalue weighted by molar-refractivity contribution is -0.111. The van der Waals surface area contributed by atoms with E-state index >= 15 is 0 Å². The fourth-order valence-corrected chi connectivity index (χ4v) is 5.04. The SMILES string of the molecule is CCCOC(=O)c1c(NC(=O)C=Cc2cccs2)sc2c1CCC(C)C2. The van der Waals surface area contributed by atoms with Gasteiger partial charge in [0.05, 0.1) is 12.2 Å². The van der Waals surface area contributed by atoms with Crippen LogP contribution in [0.2, 0.25) is 0 Å². The second-order valence-electron chi connectivity index (χ2n) is 6.53. The Morgan fingerprint density at radius 2 is 2.27 bits per heavy atom. The molecule has 1 unspecified atom stereocenters. The van der Waals surface area contributed by atoms with Crippen molar-refractivity contribution in [3.05, 3.63) is 44.5 Å². The van der Waals surface area contributed by atoms with Gasteiger partial charge < -0.3 is 10.1 Å². The number of ether oxygens (including phenoxy) is 1. The van der Waals surface area contributed by atoms with Crippen molar-refractivity contribution in [1.29, 1.82) is 0 Å². The van der Waals surface area contributed by atoms with Gasteiger partial charge in [0, 0.05) is 15.8 Å². The Kier molecular flexibility index (Phi) is 6.27. The molecular formula is C20H23NO3S2. The fraction of sp³-hybridized carbons (Fsp3) is 0.400. The van der Waals surface area contributed by atoms with E-state index in [0.29, 0.717) is 23.1 Å². The van der Waals surface area contributed by atoms with E-state index in [9.17, 15) is 9.59 Å². The third-order valence-corrected chi connectivity index (χ3v) is 6.34. The largest absolute Gasteiger partial charge is 0.462 e. The summed E-state index contributed by atoms with van der Waals surface area (Å²) in [5.74, 6) is 0.0500. The first-order valence-corrected chi connectivity index (χ1v) is 10.6. The highest BCUT2D eigenvalue weighted by Crippen LogP contribution is 2.40. The molecule has 0 radical (unpaired) electrons. The highest BCUT2D eigenvalue weighted by atomic mass is 32.1. The van der Waals surface area contributed by atoms with Crippen LogP contribution in [0.1, 0.15) is 52.4 Å². The summed E-state index contributed by atoms with van der Waals surface area (Å²) in [5, 5.41) is 5.48. The van der Waals surface area contributed by atoms with Crippen LogP contribution in [-0.4, -0.2) is 18.5 Å². The van der Waals surface area contributed by atoms with E-state index in [-0.39, 0.29) is 11.9 Å². The second-order valence-corrected chi connectivity index (χ2v) is 8.61. The van der Waals surface area contributed by atoms with E-state index in [1.807, 2.05) is 24.4 Å². The molecule has 0 aromatic carbocycles. The maximum absolute atomic E-state index is 12.6. The van der Waals surface area contributed by atoms with E-state index in [0.717, 1.165) is 36.1 Å². The Morgan fingerprint density at radius 1 is 1.42 bits per heavy atom. The Balaban J connectivity index is 1.83. The molecule has 0 fully saturated rings. The van der Waals surface area contributed by atoms with Crippen molar-refractivity contribution in [2.45, 2.75) is 39.5 Å². The van der Waals surface area contributed by atoms with Crippen LogP contribution in [0, 0.1) is 5.92 Å². The van der Waals surface area contributed by atoms with E-state index < -0.39 is 0 Å². The van der Waals surface area contributed by atoms with Crippen LogP contribution in [0.5, 0.6) is 0 Å². The number of carbonyl (C=O) groups excluding carboxylic acids is 2. The Morgan fingerprint density at radius 3 is 3.00 bits per heavy atom. The number of nitrogens with one attached hydrogen (secondary N) is 1. The molecule has 2 aromatic rings. The molecule has 0 aliphatic heterocycles. The molecule has 1 aliphatic rings. The Hall–Kier alpha value is -1.92. The van der Waals surface area contributed by atoms with Crippen LogP contribution in [0.15, 0.2) is 23.6 Å². The minimum absolute atomic E-state index is 0.227. The number of amides is 1. The Labute approximate surface area is 161 Å². The zero-order valence-corrected chi connectivity index (χ0v) is 16.7. The van der Waals surface area contributed by atoms with Crippen LogP contribution in [0.4, 0.5) is 5.00 Å². The van der Waals surface area contributed by atoms with Gasteiger partial charge in [0.2, 0.25) is 5.91 Å². The number of carbonyl (C=O) groups is 2. The van der Waals surface area contributed by atoms with Crippen molar-refractivity contribution < 1.29 is 14.3 Å². The monoisotopic (exact) mass is 389 g/mol. The number of hydrogen-bond donors (Lipinski definition) is 1. The topological polar surface area (TPSA) is 55.4 Å². The standard InChI is InChI=1S/C20H23NO3S2/c1-3-10-24-20(23)18-15-8-6-13(2)12-16(15)26-19(18)21-17(22)9-7-14-5-4-11-25-14/h4-5,7,9,11,13H,3,6,8,10,12H2,1-2H3,(H,21,22). The van der Waals surface area contributed by atoms with Gasteiger partial charge in [-0.15, -0.1) is 22.7 Å². The predicted octanol–water partition coefficient (Wildman–Crippen LogP) is 5.15. The zero-order chi connectivity index (χ0) is 18.5. The third kappa shape index (κ3) is 4.43. The van der Waals surface area contributed by atoms with Crippen LogP contribution in [0.3, 0.4) is 0 Å². The number of fused-ring (bicyclic) bond motifs is 1. The molecule has 26 heavy (non-hydrogen) atoms. The van der Waals surface area contributed by atoms with Gasteiger partial charge in [-0.2, -0.15) is 0 Å². The lowest BCUT2D eigenvalue weighted by Crippen LogP contribution is -2.16. The van der Waals surface area contributed by atoms with E-state index in [1.54, 1.807) is 17.4 Å². The van der Waals surface area contributed by atoms with Gasteiger partial charge in [-0.05, 0) is 54.7 Å². The molecule has 1 amide bonds. The van der Waals surface area contributed by atoms with Crippen molar-refractivity contribution in [2.24, 2.45) is 5.92 Å². The second kappa shape index (κ2) is 8.64. The molecule has 3 rings (SSSR count). The van der Waals surface area contributed by atoms with Gasteiger partial charge >= 0.3 is 5.97 Å². The number of rotatable bonds is 6. The van der Waals surface area contributed by atoms with E-state index in [1.165, 1.54) is 22.3 Å². The first-order chi connectivity index (χ1) is 12.6. The van der Waals surface area contributed by atoms with Crippen molar-refractivity contribution >= 4 is 45.6 Å². The summed E-state index contributed by atoms with van der Waals surface area (Å²) in [6.45, 7) is 4.58. The van der Waals surface area contributed by atoms with Gasteiger partial charge in [0.1, 0.15) is 5.00 Å². The molecule has 2 heterocycles. The molecule has 138 valence electrons. The molecule has 6 heteroatoms. The first kappa shape index (κ1) is 18.9. The first-order valence-electron chi connectivity index (χ1n) is 8.92. The normalized spacial score (nSPS) is 16.5. The average Bonchev–Trinajstić information content (AvgIpc) is 3.24. The lowest BCUT2D eigenvalue weighted by atomic mass is 9.88. The van der Waals surface area contributed by atoms with Crippen molar-refractivity contribution in [1.82, 2.24) is 0 Å². The minimum Gasteiger partial charge on any atom is -0.462 e. The molecule has 1 N–H and O–H groups in total. The third-order valence-electron chi connectivity index (χ3n) is 4.33. The molecule has 1 atom stereocenters. The zero-order valence-electron chi connectivity index (χ0n) is 15.0. The number of thiophene rings is 2. The summed E-state index contributed by atoms with van der Waals surface area (Å²) >= 11 is 3.09. The van der Waals surface area contributed by atoms with Gasteiger partial charge in [0.25, 0.3) is 0 Å². The maximum atomic E-state index is 12.6. The van der Waals surface area contributed by atoms with Crippen LogP contribution < -0.4 is 5.32 Å². The summed E-state index contributed by atoms with van der Waals surface area (Å²) in [5.41, 5.74) is 1.62. The highest BCUT2D eigenvalue weighted by Gasteiger charge is 2.28. The van der Waals surface area contributed by atoms with Crippen molar-refractivity contribution in [3.63, 3.8) is 0 Å². The highest BCUT2D eigenvalue weighted by molar-refractivity contribution is 7.17. The smallest absolute Gasteiger partial charge is 0.341 e. The van der Waals surface area contributed by atoms with Crippen molar-refractivity contribution in [3.8, 4) is 0 Å². The molecule has 2 aromatic heterocycles. The molecular weight excluding hydrogens is 366 g/mol. The summed E-state index contributed by atoms with van der Waals surface area (Å²) in [4.78, 5) is 27.1. The molecule has 0 saturated heterocycles. The van der Waals surface area contributed by atoms with Gasteiger partial charge in [-0.1, -0.05) is 19.9 Å². The summed E-state index contributed by atoms with van der Waals surface area (Å²) in [6.07, 6.45) is 6.95. The molecule has 1 aliphatic carbocycles. The summed E-state index contributed by atoms with van der Waals surface area (Å²) in [7, 11) is 0. The number of esters is 1. The molecule has 4 nitrogen and oxygen atoms in total. The van der Waals surface area contributed by atoms with E-state index in [4.69, 9.17) is 4.74 Å². The van der Waals surface area contributed by atoms with Gasteiger partial charge in [0.15, 0.2) is 0 Å². The summed E-state index contributed by atoms with van der Waals surface area (Å²) in [6, 6.07) is 3.89. The van der Waals surface area contributed by atoms with Crippen LogP contribution >= 0.6 is 22.7 Å². The lowest BCUT2D eigenvalue weighted by Gasteiger charge is -2.18. The van der Waals surface area contributed by atoms with Gasteiger partial charge in [-0.25, -0.2) is 4.79 Å². The average molecular weight is 390 g/mol. The summed E-state index contributed by atoms with van der Waals surface area (Å²) < 4.78 is 5.37. The van der Waals surface area contributed by atoms with Crippen LogP contribution in [-0.2, 0) is 22.4 Å². The van der Waals surface area contributed by atoms with Crippen LogP contribution in [0.25, 0.3) is 6.08 Å². The Bertz CT molecular complexity index is 805. The molecule has 0 bridgehead atoms. The predicted molar refractivity (Wildman–Crippen MR) is 108 cm³/mol. The minimum atomic E-state index is -0.323. The number of hydrogen-bond acceptors (Lipinski definition) is 5. The maximum Gasteiger partial charge on any atom is 0.341 e. The molecule has 0 spiro atoms. The fourth-order valence-electron chi connectivity index (χ4n) is 3.02. The van der Waals surface area contributed by atoms with Gasteiger partial charge in [-0.3, -0.25) is 4.79 Å².